The van der Waals surface area contributed by atoms with Crippen LogP contribution in [0.2, 0.25) is 0 Å². The second-order valence-electron chi connectivity index (χ2n) is 10.0. The Hall–Kier alpha value is -4.09. The second kappa shape index (κ2) is 7.97. The van der Waals surface area contributed by atoms with Crippen molar-refractivity contribution in [1.82, 2.24) is 35.0 Å². The number of piperidine rings is 1. The molecule has 4 aliphatic heterocycles. The zero-order valence-corrected chi connectivity index (χ0v) is 19.8. The van der Waals surface area contributed by atoms with Crippen LogP contribution in [-0.2, 0) is 20.9 Å². The second-order valence-corrected chi connectivity index (χ2v) is 10.0. The minimum Gasteiger partial charge on any atom is -0.345 e. The number of nitrogens with zero attached hydrogens (tertiary/aromatic N) is 6. The molecule has 3 fully saturated rings. The van der Waals surface area contributed by atoms with E-state index < -0.39 is 17.4 Å². The van der Waals surface area contributed by atoms with Gasteiger partial charge in [-0.3, -0.25) is 29.3 Å². The molecule has 1 aromatic carbocycles. The first kappa shape index (κ1) is 22.4. The molecule has 12 nitrogen and oxygen atoms in total. The summed E-state index contributed by atoms with van der Waals surface area (Å²) in [6, 6.07) is 4.50. The molecule has 1 aromatic heterocycles. The van der Waals surface area contributed by atoms with Crippen LogP contribution in [-0.4, -0.2) is 92.0 Å². The SMILES string of the molecule is CN1CCC2(CCN(C(=O)c3cn(-c4ccc5c(c4)CN(C4CCC(=O)NC4=O)C5=O)nn3)C2)C1=O. The van der Waals surface area contributed by atoms with E-state index in [9.17, 15) is 24.0 Å². The number of amides is 5. The molecule has 0 saturated carbocycles. The van der Waals surface area contributed by atoms with Gasteiger partial charge in [0, 0.05) is 45.2 Å². The van der Waals surface area contributed by atoms with E-state index in [1.807, 2.05) is 0 Å². The smallest absolute Gasteiger partial charge is 0.276 e. The summed E-state index contributed by atoms with van der Waals surface area (Å²) in [6.07, 6.45) is 3.44. The molecule has 0 bridgehead atoms. The lowest BCUT2D eigenvalue weighted by molar-refractivity contribution is -0.137. The van der Waals surface area contributed by atoms with E-state index in [4.69, 9.17) is 0 Å². The van der Waals surface area contributed by atoms with Gasteiger partial charge in [0.2, 0.25) is 17.7 Å². The molecule has 0 aliphatic carbocycles. The summed E-state index contributed by atoms with van der Waals surface area (Å²) in [5.41, 5.74) is 1.56. The largest absolute Gasteiger partial charge is 0.345 e. The van der Waals surface area contributed by atoms with E-state index in [-0.39, 0.29) is 42.3 Å². The van der Waals surface area contributed by atoms with Crippen molar-refractivity contribution in [1.29, 1.82) is 0 Å². The van der Waals surface area contributed by atoms with E-state index in [0.717, 1.165) is 12.0 Å². The van der Waals surface area contributed by atoms with Gasteiger partial charge in [-0.15, -0.1) is 5.10 Å². The van der Waals surface area contributed by atoms with Crippen LogP contribution in [0.1, 0.15) is 52.1 Å². The van der Waals surface area contributed by atoms with E-state index in [0.29, 0.717) is 43.7 Å². The number of imide groups is 1. The van der Waals surface area contributed by atoms with E-state index >= 15 is 0 Å². The van der Waals surface area contributed by atoms with Crippen LogP contribution in [0.25, 0.3) is 5.69 Å². The number of hydrogen-bond acceptors (Lipinski definition) is 7. The van der Waals surface area contributed by atoms with Crippen molar-refractivity contribution in [2.45, 2.75) is 38.3 Å². The van der Waals surface area contributed by atoms with Gasteiger partial charge >= 0.3 is 0 Å². The van der Waals surface area contributed by atoms with Gasteiger partial charge in [0.15, 0.2) is 5.69 Å². The highest BCUT2D eigenvalue weighted by Crippen LogP contribution is 2.40. The number of aromatic nitrogens is 3. The van der Waals surface area contributed by atoms with Crippen molar-refractivity contribution >= 4 is 29.5 Å². The Morgan fingerprint density at radius 1 is 1.14 bits per heavy atom. The van der Waals surface area contributed by atoms with Crippen molar-refractivity contribution in [2.24, 2.45) is 5.41 Å². The summed E-state index contributed by atoms with van der Waals surface area (Å²) >= 11 is 0. The predicted molar refractivity (Wildman–Crippen MR) is 123 cm³/mol. The molecule has 186 valence electrons. The lowest BCUT2D eigenvalue weighted by atomic mass is 9.85. The fourth-order valence-corrected chi connectivity index (χ4v) is 5.77. The summed E-state index contributed by atoms with van der Waals surface area (Å²) in [5, 5.41) is 10.5. The number of fused-ring (bicyclic) bond motifs is 1. The van der Waals surface area contributed by atoms with Crippen molar-refractivity contribution in [3.8, 4) is 5.69 Å². The third-order valence-corrected chi connectivity index (χ3v) is 7.85. The molecule has 4 aliphatic rings. The first-order valence-electron chi connectivity index (χ1n) is 12.0. The minimum absolute atomic E-state index is 0.0977. The monoisotopic (exact) mass is 491 g/mol. The van der Waals surface area contributed by atoms with Crippen LogP contribution in [0.3, 0.4) is 0 Å². The van der Waals surface area contributed by atoms with Crippen LogP contribution < -0.4 is 5.32 Å². The number of carbonyl (C=O) groups excluding carboxylic acids is 5. The Bertz CT molecular complexity index is 1340. The highest BCUT2D eigenvalue weighted by molar-refractivity contribution is 6.05. The Morgan fingerprint density at radius 2 is 1.94 bits per heavy atom. The number of hydrogen-bond donors (Lipinski definition) is 1. The molecule has 36 heavy (non-hydrogen) atoms. The molecule has 2 aromatic rings. The topological polar surface area (TPSA) is 138 Å². The predicted octanol–water partition coefficient (Wildman–Crippen LogP) is -0.277. The highest BCUT2D eigenvalue weighted by atomic mass is 16.2. The van der Waals surface area contributed by atoms with Crippen molar-refractivity contribution < 1.29 is 24.0 Å². The zero-order valence-electron chi connectivity index (χ0n) is 19.8. The molecule has 6 rings (SSSR count). The minimum atomic E-state index is -0.683. The molecule has 2 atom stereocenters. The Kier molecular flexibility index (Phi) is 4.95. The van der Waals surface area contributed by atoms with Crippen molar-refractivity contribution in [3.05, 3.63) is 41.2 Å². The first-order chi connectivity index (χ1) is 17.3. The van der Waals surface area contributed by atoms with Crippen LogP contribution in [0.4, 0.5) is 0 Å². The maximum atomic E-state index is 13.1. The summed E-state index contributed by atoms with van der Waals surface area (Å²) in [6.45, 7) is 1.84. The molecule has 2 unspecified atom stereocenters. The molecule has 5 amide bonds. The van der Waals surface area contributed by atoms with Gasteiger partial charge in [-0.25, -0.2) is 4.68 Å². The van der Waals surface area contributed by atoms with Crippen LogP contribution in [0.15, 0.2) is 24.4 Å². The number of carbonyl (C=O) groups is 5. The van der Waals surface area contributed by atoms with E-state index in [1.165, 1.54) is 9.58 Å². The van der Waals surface area contributed by atoms with Crippen LogP contribution in [0.5, 0.6) is 0 Å². The number of benzene rings is 1. The summed E-state index contributed by atoms with van der Waals surface area (Å²) in [4.78, 5) is 67.2. The summed E-state index contributed by atoms with van der Waals surface area (Å²) in [7, 11) is 1.79. The average molecular weight is 492 g/mol. The molecule has 3 saturated heterocycles. The lowest BCUT2D eigenvalue weighted by Crippen LogP contribution is -2.52. The fraction of sp³-hybridized carbons (Fsp3) is 0.458. The molecule has 12 heteroatoms. The standard InChI is InChI=1S/C24H25N7O5/c1-28-8-6-24(23(28)36)7-9-29(13-24)22(35)17-12-31(27-26-17)15-2-3-16-14(10-15)11-30(21(16)34)18-4-5-19(32)25-20(18)33/h2-3,10,12,18H,4-9,11,13H2,1H3,(H,25,32,33). The Labute approximate surface area is 206 Å². The van der Waals surface area contributed by atoms with Gasteiger partial charge < -0.3 is 14.7 Å². The molecule has 1 spiro atoms. The molecule has 0 radical (unpaired) electrons. The maximum Gasteiger partial charge on any atom is 0.276 e. The van der Waals surface area contributed by atoms with Gasteiger partial charge in [0.05, 0.1) is 17.3 Å². The molecule has 5 heterocycles. The quantitative estimate of drug-likeness (QED) is 0.583. The van der Waals surface area contributed by atoms with Crippen molar-refractivity contribution in [3.63, 3.8) is 0 Å². The maximum absolute atomic E-state index is 13.1. The van der Waals surface area contributed by atoms with E-state index in [2.05, 4.69) is 15.6 Å². The van der Waals surface area contributed by atoms with Crippen molar-refractivity contribution in [2.75, 3.05) is 26.7 Å². The van der Waals surface area contributed by atoms with Crippen LogP contribution in [0, 0.1) is 5.41 Å². The van der Waals surface area contributed by atoms with Gasteiger partial charge in [0.1, 0.15) is 6.04 Å². The van der Waals surface area contributed by atoms with Gasteiger partial charge in [0.25, 0.3) is 11.8 Å². The third-order valence-electron chi connectivity index (χ3n) is 7.85. The third kappa shape index (κ3) is 3.39. The number of nitrogens with one attached hydrogen (secondary N) is 1. The molecular weight excluding hydrogens is 466 g/mol. The molecule has 1 N–H and O–H groups in total. The summed E-state index contributed by atoms with van der Waals surface area (Å²) < 4.78 is 1.48. The zero-order chi connectivity index (χ0) is 25.2. The average Bonchev–Trinajstić information content (AvgIpc) is 3.64. The fourth-order valence-electron chi connectivity index (χ4n) is 5.77. The normalized spacial score (nSPS) is 25.8. The van der Waals surface area contributed by atoms with Gasteiger partial charge in [-0.05, 0) is 43.0 Å². The van der Waals surface area contributed by atoms with Gasteiger partial charge in [-0.2, -0.15) is 0 Å². The van der Waals surface area contributed by atoms with Gasteiger partial charge in [-0.1, -0.05) is 5.21 Å². The Morgan fingerprint density at radius 3 is 2.69 bits per heavy atom. The number of likely N-dealkylation sites (tertiary alicyclic amines) is 2. The van der Waals surface area contributed by atoms with Crippen LogP contribution >= 0.6 is 0 Å². The van der Waals surface area contributed by atoms with E-state index in [1.54, 1.807) is 41.2 Å². The first-order valence-corrected chi connectivity index (χ1v) is 12.0. The Balaban J connectivity index is 1.18. The molecular formula is C24H25N7O5. The summed E-state index contributed by atoms with van der Waals surface area (Å²) in [5.74, 6) is -1.20. The number of rotatable bonds is 3. The highest BCUT2D eigenvalue weighted by Gasteiger charge is 2.51. The lowest BCUT2D eigenvalue weighted by Gasteiger charge is -2.29.